The van der Waals surface area contributed by atoms with Crippen LogP contribution in [0.2, 0.25) is 0 Å². The van der Waals surface area contributed by atoms with E-state index in [1.54, 1.807) is 0 Å². The zero-order chi connectivity index (χ0) is 15.2. The van der Waals surface area contributed by atoms with Crippen molar-refractivity contribution >= 4 is 0 Å². The largest absolute Gasteiger partial charge is 0.376 e. The van der Waals surface area contributed by atoms with Gasteiger partial charge in [0.05, 0.1) is 5.60 Å². The molecule has 1 saturated heterocycles. The van der Waals surface area contributed by atoms with Crippen LogP contribution in [0.5, 0.6) is 0 Å². The lowest BCUT2D eigenvalue weighted by molar-refractivity contribution is -0.109. The molecule has 4 nitrogen and oxygen atoms in total. The van der Waals surface area contributed by atoms with E-state index in [2.05, 4.69) is 57.2 Å². The monoisotopic (exact) mass is 285 g/mol. The number of hydrogen-bond donors (Lipinski definition) is 1. The fourth-order valence-electron chi connectivity index (χ4n) is 3.47. The molecule has 1 heterocycles. The predicted octanol–water partition coefficient (Wildman–Crippen LogP) is 1.66. The van der Waals surface area contributed by atoms with Crippen molar-refractivity contribution in [2.75, 3.05) is 61.0 Å². The number of nitrogens with zero attached hydrogens (tertiary/aromatic N) is 2. The van der Waals surface area contributed by atoms with Crippen molar-refractivity contribution in [3.8, 4) is 0 Å². The maximum atomic E-state index is 5.91. The maximum Gasteiger partial charge on any atom is 0.0632 e. The Balaban J connectivity index is 2.47. The lowest BCUT2D eigenvalue weighted by Crippen LogP contribution is -2.51. The van der Waals surface area contributed by atoms with Gasteiger partial charge in [-0.3, -0.25) is 0 Å². The first kappa shape index (κ1) is 17.9. The predicted molar refractivity (Wildman–Crippen MR) is 86.3 cm³/mol. The molecule has 120 valence electrons. The summed E-state index contributed by atoms with van der Waals surface area (Å²) in [6.45, 7) is 9.84. The van der Waals surface area contributed by atoms with Crippen LogP contribution in [0.1, 0.15) is 33.1 Å². The molecular formula is C16H35N3O. The minimum absolute atomic E-state index is 0.0135. The molecule has 4 heteroatoms. The van der Waals surface area contributed by atoms with Gasteiger partial charge in [0.2, 0.25) is 0 Å². The van der Waals surface area contributed by atoms with Crippen LogP contribution in [0.3, 0.4) is 0 Å². The Morgan fingerprint density at radius 1 is 1.10 bits per heavy atom. The van der Waals surface area contributed by atoms with E-state index < -0.39 is 0 Å². The van der Waals surface area contributed by atoms with Gasteiger partial charge in [-0.1, -0.05) is 0 Å². The topological polar surface area (TPSA) is 27.7 Å². The molecule has 1 N–H and O–H groups in total. The molecule has 1 fully saturated rings. The van der Waals surface area contributed by atoms with Crippen molar-refractivity contribution in [2.24, 2.45) is 5.41 Å². The standard InChI is InChI=1S/C16H35N3O/c1-15(2)12-16(8-11-20-15,14-19(5)6)13-17-9-7-10-18(3)4/h17H,7-14H2,1-6H3. The second-order valence-electron chi connectivity index (χ2n) is 7.61. The summed E-state index contributed by atoms with van der Waals surface area (Å²) in [5, 5.41) is 3.69. The maximum absolute atomic E-state index is 5.91. The van der Waals surface area contributed by atoms with Gasteiger partial charge in [0.25, 0.3) is 0 Å². The molecule has 1 aliphatic heterocycles. The van der Waals surface area contributed by atoms with Gasteiger partial charge in [-0.05, 0) is 74.4 Å². The lowest BCUT2D eigenvalue weighted by Gasteiger charge is -2.46. The lowest BCUT2D eigenvalue weighted by atomic mass is 9.73. The fourth-order valence-corrected chi connectivity index (χ4v) is 3.47. The van der Waals surface area contributed by atoms with E-state index >= 15 is 0 Å². The number of hydrogen-bond acceptors (Lipinski definition) is 4. The zero-order valence-corrected chi connectivity index (χ0v) is 14.5. The molecule has 1 aliphatic rings. The first-order valence-electron chi connectivity index (χ1n) is 7.89. The number of ether oxygens (including phenoxy) is 1. The molecule has 0 aliphatic carbocycles. The SMILES string of the molecule is CN(C)CCCNCC1(CN(C)C)CCOC(C)(C)C1. The van der Waals surface area contributed by atoms with Gasteiger partial charge in [-0.25, -0.2) is 0 Å². The Bertz CT molecular complexity index is 279. The molecule has 1 unspecified atom stereocenters. The smallest absolute Gasteiger partial charge is 0.0632 e. The highest BCUT2D eigenvalue weighted by molar-refractivity contribution is 4.93. The molecular weight excluding hydrogens is 250 g/mol. The van der Waals surface area contributed by atoms with E-state index in [9.17, 15) is 0 Å². The van der Waals surface area contributed by atoms with Crippen LogP contribution in [0.15, 0.2) is 0 Å². The van der Waals surface area contributed by atoms with Crippen LogP contribution in [-0.4, -0.2) is 76.4 Å². The van der Waals surface area contributed by atoms with Crippen molar-refractivity contribution in [2.45, 2.75) is 38.7 Å². The highest BCUT2D eigenvalue weighted by Gasteiger charge is 2.40. The van der Waals surface area contributed by atoms with Crippen molar-refractivity contribution in [3.63, 3.8) is 0 Å². The second kappa shape index (κ2) is 7.74. The minimum atomic E-state index is 0.0135. The molecule has 0 aromatic rings. The Morgan fingerprint density at radius 3 is 2.35 bits per heavy atom. The molecule has 0 saturated carbocycles. The van der Waals surface area contributed by atoms with Crippen LogP contribution < -0.4 is 5.32 Å². The summed E-state index contributed by atoms with van der Waals surface area (Å²) in [7, 11) is 8.62. The second-order valence-corrected chi connectivity index (χ2v) is 7.61. The molecule has 0 aromatic heterocycles. The van der Waals surface area contributed by atoms with Gasteiger partial charge in [0, 0.05) is 25.1 Å². The molecule has 1 atom stereocenters. The molecule has 1 rings (SSSR count). The van der Waals surface area contributed by atoms with Crippen molar-refractivity contribution in [1.29, 1.82) is 0 Å². The van der Waals surface area contributed by atoms with E-state index in [1.165, 1.54) is 6.42 Å². The van der Waals surface area contributed by atoms with Gasteiger partial charge in [-0.2, -0.15) is 0 Å². The Kier molecular flexibility index (Phi) is 6.92. The van der Waals surface area contributed by atoms with Crippen molar-refractivity contribution in [3.05, 3.63) is 0 Å². The minimum Gasteiger partial charge on any atom is -0.376 e. The molecule has 0 amide bonds. The van der Waals surface area contributed by atoms with E-state index in [0.29, 0.717) is 5.41 Å². The van der Waals surface area contributed by atoms with Gasteiger partial charge < -0.3 is 19.9 Å². The van der Waals surface area contributed by atoms with E-state index in [1.807, 2.05) is 0 Å². The molecule has 0 aromatic carbocycles. The molecule has 0 spiro atoms. The molecule has 20 heavy (non-hydrogen) atoms. The summed E-state index contributed by atoms with van der Waals surface area (Å²) >= 11 is 0. The summed E-state index contributed by atoms with van der Waals surface area (Å²) < 4.78 is 5.91. The van der Waals surface area contributed by atoms with E-state index in [4.69, 9.17) is 4.74 Å². The highest BCUT2D eigenvalue weighted by Crippen LogP contribution is 2.38. The first-order valence-corrected chi connectivity index (χ1v) is 7.89. The van der Waals surface area contributed by atoms with Gasteiger partial charge in [0.1, 0.15) is 0 Å². The van der Waals surface area contributed by atoms with Crippen LogP contribution >= 0.6 is 0 Å². The van der Waals surface area contributed by atoms with Crippen LogP contribution in [0.4, 0.5) is 0 Å². The van der Waals surface area contributed by atoms with Gasteiger partial charge in [-0.15, -0.1) is 0 Å². The normalized spacial score (nSPS) is 26.4. The van der Waals surface area contributed by atoms with E-state index in [-0.39, 0.29) is 5.60 Å². The summed E-state index contributed by atoms with van der Waals surface area (Å²) in [5.41, 5.74) is 0.364. The number of nitrogens with one attached hydrogen (secondary N) is 1. The van der Waals surface area contributed by atoms with Crippen LogP contribution in [0.25, 0.3) is 0 Å². The Hall–Kier alpha value is -0.160. The Labute approximate surface area is 125 Å². The van der Waals surface area contributed by atoms with Crippen molar-refractivity contribution < 1.29 is 4.74 Å². The fraction of sp³-hybridized carbons (Fsp3) is 1.00. The average molecular weight is 285 g/mol. The summed E-state index contributed by atoms with van der Waals surface area (Å²) in [6, 6.07) is 0. The molecule has 0 bridgehead atoms. The number of rotatable bonds is 8. The quantitative estimate of drug-likeness (QED) is 0.687. The third-order valence-electron chi connectivity index (χ3n) is 4.04. The van der Waals surface area contributed by atoms with Crippen molar-refractivity contribution in [1.82, 2.24) is 15.1 Å². The first-order chi connectivity index (χ1) is 9.25. The van der Waals surface area contributed by atoms with Crippen LogP contribution in [-0.2, 0) is 4.74 Å². The Morgan fingerprint density at radius 2 is 1.80 bits per heavy atom. The van der Waals surface area contributed by atoms with Crippen LogP contribution in [0, 0.1) is 5.41 Å². The third kappa shape index (κ3) is 6.53. The summed E-state index contributed by atoms with van der Waals surface area (Å²) in [6.07, 6.45) is 3.51. The van der Waals surface area contributed by atoms with Gasteiger partial charge >= 0.3 is 0 Å². The average Bonchev–Trinajstić information content (AvgIpc) is 2.25. The zero-order valence-electron chi connectivity index (χ0n) is 14.5. The highest BCUT2D eigenvalue weighted by atomic mass is 16.5. The third-order valence-corrected chi connectivity index (χ3v) is 4.04. The van der Waals surface area contributed by atoms with E-state index in [0.717, 1.165) is 45.6 Å². The van der Waals surface area contributed by atoms with Gasteiger partial charge in [0.15, 0.2) is 0 Å². The summed E-state index contributed by atoms with van der Waals surface area (Å²) in [4.78, 5) is 4.57. The summed E-state index contributed by atoms with van der Waals surface area (Å²) in [5.74, 6) is 0. The molecule has 0 radical (unpaired) electrons.